The summed E-state index contributed by atoms with van der Waals surface area (Å²) in [5, 5.41) is 14.7. The van der Waals surface area contributed by atoms with Crippen molar-refractivity contribution < 1.29 is 23.8 Å². The average molecular weight is 421 g/mol. The van der Waals surface area contributed by atoms with E-state index in [9.17, 15) is 0 Å². The van der Waals surface area contributed by atoms with E-state index in [2.05, 4.69) is 0 Å². The van der Waals surface area contributed by atoms with Crippen LogP contribution in [-0.2, 0) is 4.57 Å². The molecule has 0 saturated heterocycles. The quantitative estimate of drug-likeness (QED) is 0.148. The molecule has 156 valence electrons. The van der Waals surface area contributed by atoms with Gasteiger partial charge < -0.3 is 20.9 Å². The summed E-state index contributed by atoms with van der Waals surface area (Å²) in [6.45, 7) is 1.29. The Kier molecular flexibility index (Phi) is 11.0. The fourth-order valence-corrected chi connectivity index (χ4v) is 2.22. The summed E-state index contributed by atoms with van der Waals surface area (Å²) < 4.78 is 20.0. The van der Waals surface area contributed by atoms with Crippen LogP contribution < -0.4 is 20.9 Å². The zero-order valence-corrected chi connectivity index (χ0v) is 16.8. The van der Waals surface area contributed by atoms with E-state index in [4.69, 9.17) is 46.1 Å². The molecule has 0 aromatic heterocycles. The molecule has 2 aromatic rings. The Labute approximate surface area is 170 Å². The maximum absolute atomic E-state index is 8.70. The molecule has 9 nitrogen and oxygen atoms in total. The molecule has 0 aliphatic heterocycles. The molecule has 0 aliphatic rings. The van der Waals surface area contributed by atoms with E-state index >= 15 is 0 Å². The molecule has 0 saturated carbocycles. The number of benzene rings is 2. The van der Waals surface area contributed by atoms with Crippen LogP contribution >= 0.6 is 8.25 Å². The van der Waals surface area contributed by atoms with Gasteiger partial charge in [-0.15, -0.1) is 9.79 Å². The molecule has 0 atom stereocenters. The van der Waals surface area contributed by atoms with Gasteiger partial charge >= 0.3 is 8.25 Å². The molecule has 2 aromatic carbocycles. The van der Waals surface area contributed by atoms with E-state index < -0.39 is 8.25 Å². The maximum atomic E-state index is 8.70. The van der Waals surface area contributed by atoms with Gasteiger partial charge in [0.25, 0.3) is 0 Å². The Bertz CT molecular complexity index is 732. The summed E-state index contributed by atoms with van der Waals surface area (Å²) in [5.41, 5.74) is 12.2. The van der Waals surface area contributed by atoms with Crippen molar-refractivity contribution in [3.8, 4) is 11.5 Å². The highest BCUT2D eigenvalue weighted by Gasteiger charge is 2.00. The second-order valence-electron chi connectivity index (χ2n) is 5.89. The summed E-state index contributed by atoms with van der Waals surface area (Å²) in [5.74, 6) is 1.68. The predicted octanol–water partition coefficient (Wildman–Crippen LogP) is 2.51. The number of unbranched alkanes of at least 4 members (excludes halogenated alkanes) is 2. The first-order valence-electron chi connectivity index (χ1n) is 8.79. The number of nitrogens with one attached hydrogen (secondary N) is 2. The molecule has 0 heterocycles. The highest BCUT2D eigenvalue weighted by molar-refractivity contribution is 7.30. The van der Waals surface area contributed by atoms with Gasteiger partial charge in [0.15, 0.2) is 0 Å². The summed E-state index contributed by atoms with van der Waals surface area (Å²) in [7, 11) is -2.87. The van der Waals surface area contributed by atoms with Crippen molar-refractivity contribution in [3.63, 3.8) is 0 Å². The Morgan fingerprint density at radius 3 is 1.34 bits per heavy atom. The predicted molar refractivity (Wildman–Crippen MR) is 112 cm³/mol. The van der Waals surface area contributed by atoms with Crippen molar-refractivity contribution in [3.05, 3.63) is 59.7 Å². The minimum Gasteiger partial charge on any atom is -0.494 e. The molecule has 0 fully saturated rings. The second kappa shape index (κ2) is 13.2. The molecule has 0 radical (unpaired) electrons. The van der Waals surface area contributed by atoms with Crippen molar-refractivity contribution in [2.45, 2.75) is 19.3 Å². The Morgan fingerprint density at radius 2 is 1.07 bits per heavy atom. The van der Waals surface area contributed by atoms with Gasteiger partial charge in [0.05, 0.1) is 13.2 Å². The van der Waals surface area contributed by atoms with Crippen LogP contribution in [0.25, 0.3) is 0 Å². The van der Waals surface area contributed by atoms with E-state index in [0.717, 1.165) is 30.8 Å². The molecule has 0 unspecified atom stereocenters. The lowest BCUT2D eigenvalue weighted by Gasteiger charge is -2.08. The average Bonchev–Trinajstić information content (AvgIpc) is 2.67. The fourth-order valence-electron chi connectivity index (χ4n) is 2.22. The number of nitrogen functional groups attached to an aromatic ring is 2. The Balaban J connectivity index is 0.000000960. The van der Waals surface area contributed by atoms with Crippen molar-refractivity contribution in [2.24, 2.45) is 11.5 Å². The van der Waals surface area contributed by atoms with Gasteiger partial charge in [0.2, 0.25) is 0 Å². The van der Waals surface area contributed by atoms with Crippen LogP contribution in [0.1, 0.15) is 30.4 Å². The molecule has 0 spiro atoms. The van der Waals surface area contributed by atoms with Crippen LogP contribution in [0.15, 0.2) is 48.5 Å². The van der Waals surface area contributed by atoms with Crippen LogP contribution in [0.3, 0.4) is 0 Å². The van der Waals surface area contributed by atoms with Gasteiger partial charge in [-0.25, -0.2) is 0 Å². The number of rotatable bonds is 10. The molecule has 2 rings (SSSR count). The lowest BCUT2D eigenvalue weighted by Crippen LogP contribution is -2.10. The summed E-state index contributed by atoms with van der Waals surface area (Å²) in [4.78, 5) is 14.2. The fraction of sp³-hybridized carbons (Fsp3) is 0.263. The van der Waals surface area contributed by atoms with Crippen LogP contribution in [0, 0.1) is 10.8 Å². The highest BCUT2D eigenvalue weighted by atomic mass is 31.1. The summed E-state index contributed by atoms with van der Waals surface area (Å²) in [6.07, 6.45) is 2.90. The number of hydrogen-bond acceptors (Lipinski definition) is 5. The van der Waals surface area contributed by atoms with Gasteiger partial charge in [-0.1, -0.05) is 0 Å². The number of amidine groups is 2. The minimum atomic E-state index is -2.87. The van der Waals surface area contributed by atoms with Gasteiger partial charge in [-0.3, -0.25) is 10.8 Å². The highest BCUT2D eigenvalue weighted by Crippen LogP contribution is 2.14. The smallest absolute Gasteiger partial charge is 0.494 e. The molecule has 0 bridgehead atoms. The van der Waals surface area contributed by atoms with Crippen molar-refractivity contribution in [1.82, 2.24) is 0 Å². The summed E-state index contributed by atoms with van der Waals surface area (Å²) >= 11 is 0. The third-order valence-electron chi connectivity index (χ3n) is 3.66. The van der Waals surface area contributed by atoms with Crippen LogP contribution in [0.2, 0.25) is 0 Å². The lowest BCUT2D eigenvalue weighted by atomic mass is 10.2. The number of nitrogens with two attached hydrogens (primary N) is 2. The normalized spacial score (nSPS) is 9.72. The molecule has 0 amide bonds. The first kappa shape index (κ1) is 24.0. The third-order valence-corrected chi connectivity index (χ3v) is 3.66. The third kappa shape index (κ3) is 10.8. The van der Waals surface area contributed by atoms with E-state index in [1.165, 1.54) is 0 Å². The van der Waals surface area contributed by atoms with E-state index in [-0.39, 0.29) is 11.7 Å². The van der Waals surface area contributed by atoms with Crippen LogP contribution in [-0.4, -0.2) is 34.7 Å². The van der Waals surface area contributed by atoms with Gasteiger partial charge in [-0.2, -0.15) is 0 Å². The van der Waals surface area contributed by atoms with Crippen molar-refractivity contribution >= 4 is 19.9 Å². The molecule has 10 heteroatoms. The Morgan fingerprint density at radius 1 is 0.759 bits per heavy atom. The first-order chi connectivity index (χ1) is 13.8. The van der Waals surface area contributed by atoms with Gasteiger partial charge in [-0.05, 0) is 67.8 Å². The van der Waals surface area contributed by atoms with Crippen LogP contribution in [0.5, 0.6) is 11.5 Å². The molecule has 0 aliphatic carbocycles. The first-order valence-corrected chi connectivity index (χ1v) is 9.95. The second-order valence-corrected chi connectivity index (χ2v) is 6.39. The SMILES string of the molecule is N=C(N)c1ccc(OCCCCCOc2ccc(C(=N)N)cc2)cc1.O=[P+](O)O. The molecule has 29 heavy (non-hydrogen) atoms. The Hall–Kier alpha value is -3.00. The van der Waals surface area contributed by atoms with E-state index in [1.807, 2.05) is 24.3 Å². The molecular formula is C19H26N4O5P+. The van der Waals surface area contributed by atoms with Gasteiger partial charge in [0.1, 0.15) is 23.2 Å². The molecular weight excluding hydrogens is 395 g/mol. The topological polar surface area (TPSA) is 176 Å². The van der Waals surface area contributed by atoms with Crippen molar-refractivity contribution in [1.29, 1.82) is 10.8 Å². The van der Waals surface area contributed by atoms with E-state index in [0.29, 0.717) is 24.3 Å². The number of hydrogen-bond donors (Lipinski definition) is 6. The lowest BCUT2D eigenvalue weighted by molar-refractivity contribution is 0.279. The monoisotopic (exact) mass is 421 g/mol. The summed E-state index contributed by atoms with van der Waals surface area (Å²) in [6, 6.07) is 14.4. The van der Waals surface area contributed by atoms with Gasteiger partial charge in [0, 0.05) is 15.7 Å². The minimum absolute atomic E-state index is 0.0579. The zero-order valence-electron chi connectivity index (χ0n) is 15.9. The number of ether oxygens (including phenoxy) is 2. The molecule has 8 N–H and O–H groups in total. The van der Waals surface area contributed by atoms with Crippen LogP contribution in [0.4, 0.5) is 0 Å². The maximum Gasteiger partial charge on any atom is 0.692 e. The zero-order chi connectivity index (χ0) is 21.6. The largest absolute Gasteiger partial charge is 0.692 e. The van der Waals surface area contributed by atoms with E-state index in [1.54, 1.807) is 24.3 Å². The van der Waals surface area contributed by atoms with Crippen molar-refractivity contribution in [2.75, 3.05) is 13.2 Å². The standard InChI is InChI=1S/C19H24N4O2.HO3P/c20-18(21)14-4-8-16(9-5-14)24-12-2-1-3-13-25-17-10-6-15(7-11-17)19(22)23;1-4(2)3/h4-11H,1-3,12-13H2,(H3,20,21)(H3,22,23);(H-,1,2,3)/p+1.